The largest absolute Gasteiger partial charge is 0.388 e. The maximum Gasteiger partial charge on any atom is 0.247 e. The summed E-state index contributed by atoms with van der Waals surface area (Å²) >= 11 is 0. The lowest BCUT2D eigenvalue weighted by atomic mass is 10.3. The Morgan fingerprint density at radius 3 is 1.88 bits per heavy atom. The molecule has 2 N–H and O–H groups in total. The first-order valence-electron chi connectivity index (χ1n) is 4.68. The molecule has 1 aromatic rings. The van der Waals surface area contributed by atoms with Crippen molar-refractivity contribution in [1.29, 1.82) is 0 Å². The third-order valence-corrected chi connectivity index (χ3v) is 5.32. The molecule has 0 heterocycles. The average Bonchev–Trinajstić information content (AvgIpc) is 2.14. The van der Waals surface area contributed by atoms with Crippen LogP contribution in [-0.4, -0.2) is 35.2 Å². The lowest BCUT2D eigenvalue weighted by Gasteiger charge is -2.07. The quantitative estimate of drug-likeness (QED) is 0.817. The van der Waals surface area contributed by atoms with Crippen molar-refractivity contribution in [3.63, 3.8) is 0 Å². The summed E-state index contributed by atoms with van der Waals surface area (Å²) in [5, 5.41) is 1.96. The van der Waals surface area contributed by atoms with Gasteiger partial charge in [0.1, 0.15) is 0 Å². The summed E-state index contributed by atoms with van der Waals surface area (Å²) in [5.41, 5.74) is 1.16. The molecule has 0 amide bonds. The van der Waals surface area contributed by atoms with Crippen LogP contribution < -0.4 is 10.0 Å². The van der Waals surface area contributed by atoms with Gasteiger partial charge in [-0.25, -0.2) is 16.8 Å². The highest BCUT2D eigenvalue weighted by Gasteiger charge is 2.17. The van der Waals surface area contributed by atoms with E-state index in [2.05, 4.69) is 10.0 Å². The number of hydrogen-bond acceptors (Lipinski definition) is 5. The van der Waals surface area contributed by atoms with Gasteiger partial charge in [-0.15, -0.1) is 0 Å². The fraction of sp³-hybridized carbons (Fsp3) is 0.333. The monoisotopic (exact) mass is 278 g/mol. The van der Waals surface area contributed by atoms with Crippen molar-refractivity contribution in [1.82, 2.24) is 0 Å². The summed E-state index contributed by atoms with van der Waals surface area (Å²) < 4.78 is 46.9. The van der Waals surface area contributed by atoms with Gasteiger partial charge in [-0.2, -0.15) is 0 Å². The second-order valence-electron chi connectivity index (χ2n) is 3.59. The molecule has 0 bridgehead atoms. The number of sulfonamides is 1. The molecule has 6 nitrogen and oxygen atoms in total. The molecular weight excluding hydrogens is 264 g/mol. The second kappa shape index (κ2) is 4.92. The second-order valence-corrected chi connectivity index (χ2v) is 7.82. The van der Waals surface area contributed by atoms with Gasteiger partial charge >= 0.3 is 0 Å². The minimum Gasteiger partial charge on any atom is -0.388 e. The first kappa shape index (κ1) is 13.8. The van der Waals surface area contributed by atoms with Gasteiger partial charge in [-0.05, 0) is 24.3 Å². The Kier molecular flexibility index (Phi) is 3.99. The first-order valence-corrected chi connectivity index (χ1v) is 8.39. The highest BCUT2D eigenvalue weighted by molar-refractivity contribution is 8.08. The molecule has 0 aromatic heterocycles. The molecule has 96 valence electrons. The summed E-state index contributed by atoms with van der Waals surface area (Å²) in [6.45, 7) is 0. The van der Waals surface area contributed by atoms with Crippen LogP contribution in [0.5, 0.6) is 0 Å². The Labute approximate surface area is 101 Å². The van der Waals surface area contributed by atoms with Crippen LogP contribution in [0.2, 0.25) is 0 Å². The molecule has 0 aliphatic rings. The molecule has 0 spiro atoms. The molecular formula is C9H14N2O4S2. The predicted molar refractivity (Wildman–Crippen MR) is 68.2 cm³/mol. The van der Waals surface area contributed by atoms with Crippen LogP contribution in [0, 0.1) is 0 Å². The average molecular weight is 278 g/mol. The highest BCUT2D eigenvalue weighted by atomic mass is 32.3. The van der Waals surface area contributed by atoms with Crippen LogP contribution in [0.4, 0.5) is 11.4 Å². The number of hydrogen-bond donors (Lipinski definition) is 2. The summed E-state index contributed by atoms with van der Waals surface area (Å²) in [7, 11) is -5.71. The van der Waals surface area contributed by atoms with Crippen molar-refractivity contribution < 1.29 is 16.8 Å². The van der Waals surface area contributed by atoms with Crippen molar-refractivity contribution in [2.45, 2.75) is 0 Å². The Morgan fingerprint density at radius 1 is 1.00 bits per heavy atom. The fourth-order valence-corrected chi connectivity index (χ4v) is 4.18. The zero-order valence-electron chi connectivity index (χ0n) is 9.47. The lowest BCUT2D eigenvalue weighted by molar-refractivity contribution is 0.595. The van der Waals surface area contributed by atoms with Crippen molar-refractivity contribution in [3.8, 4) is 0 Å². The highest BCUT2D eigenvalue weighted by Crippen LogP contribution is 2.14. The van der Waals surface area contributed by atoms with Crippen molar-refractivity contribution in [2.75, 3.05) is 28.4 Å². The van der Waals surface area contributed by atoms with Gasteiger partial charge in [0.15, 0.2) is 14.9 Å². The summed E-state index contributed by atoms with van der Waals surface area (Å²) in [6, 6.07) is 6.45. The van der Waals surface area contributed by atoms with E-state index in [0.717, 1.165) is 11.9 Å². The predicted octanol–water partition coefficient (Wildman–Crippen LogP) is 0.472. The van der Waals surface area contributed by atoms with Gasteiger partial charge in [0.05, 0.1) is 0 Å². The minimum atomic E-state index is -3.87. The van der Waals surface area contributed by atoms with Gasteiger partial charge in [0.2, 0.25) is 10.0 Å². The maximum absolute atomic E-state index is 11.5. The van der Waals surface area contributed by atoms with Gasteiger partial charge in [0.25, 0.3) is 0 Å². The summed E-state index contributed by atoms with van der Waals surface area (Å²) in [5.74, 6) is 0. The van der Waals surface area contributed by atoms with Crippen LogP contribution in [0.15, 0.2) is 24.3 Å². The number of benzene rings is 1. The molecule has 8 heteroatoms. The molecule has 0 saturated carbocycles. The Hall–Kier alpha value is -1.28. The van der Waals surface area contributed by atoms with E-state index in [4.69, 9.17) is 0 Å². The fourth-order valence-electron chi connectivity index (χ4n) is 1.20. The Balaban J connectivity index is 2.83. The number of anilines is 2. The molecule has 0 atom stereocenters. The topological polar surface area (TPSA) is 92.3 Å². The smallest absolute Gasteiger partial charge is 0.247 e. The molecule has 1 rings (SSSR count). The molecule has 0 fully saturated rings. The van der Waals surface area contributed by atoms with Crippen molar-refractivity contribution in [2.24, 2.45) is 0 Å². The maximum atomic E-state index is 11.5. The van der Waals surface area contributed by atoms with Crippen LogP contribution in [0.1, 0.15) is 0 Å². The standard InChI is InChI=1S/C9H14N2O4S2/c1-10-8-3-5-9(6-4-8)11-17(14,15)7-16(2,12)13/h3-6,10-11H,7H2,1-2H3. The Morgan fingerprint density at radius 2 is 1.47 bits per heavy atom. The molecule has 1 aromatic carbocycles. The van der Waals surface area contributed by atoms with E-state index in [1.165, 1.54) is 0 Å². The molecule has 0 aliphatic heterocycles. The van der Waals surface area contributed by atoms with Crippen LogP contribution >= 0.6 is 0 Å². The van der Waals surface area contributed by atoms with Crippen LogP contribution in [-0.2, 0) is 19.9 Å². The zero-order valence-corrected chi connectivity index (χ0v) is 11.1. The first-order chi connectivity index (χ1) is 7.72. The number of nitrogens with one attached hydrogen (secondary N) is 2. The van der Waals surface area contributed by atoms with E-state index < -0.39 is 24.9 Å². The minimum absolute atomic E-state index is 0.327. The van der Waals surface area contributed by atoms with E-state index in [-0.39, 0.29) is 0 Å². The normalized spacial score (nSPS) is 12.1. The molecule has 17 heavy (non-hydrogen) atoms. The number of sulfone groups is 1. The van der Waals surface area contributed by atoms with Gasteiger partial charge in [0, 0.05) is 24.7 Å². The third-order valence-electron chi connectivity index (χ3n) is 1.82. The van der Waals surface area contributed by atoms with Crippen LogP contribution in [0.3, 0.4) is 0 Å². The van der Waals surface area contributed by atoms with Crippen molar-refractivity contribution >= 4 is 31.2 Å². The summed E-state index contributed by atoms with van der Waals surface area (Å²) in [6.07, 6.45) is 0.871. The number of rotatable bonds is 5. The van der Waals surface area contributed by atoms with Gasteiger partial charge < -0.3 is 5.32 Å². The van der Waals surface area contributed by atoms with Crippen LogP contribution in [0.25, 0.3) is 0 Å². The Bertz CT molecular complexity index is 576. The zero-order chi connectivity index (χ0) is 13.1. The molecule has 0 unspecified atom stereocenters. The van der Waals surface area contributed by atoms with E-state index in [1.54, 1.807) is 31.3 Å². The van der Waals surface area contributed by atoms with Gasteiger partial charge in [-0.3, -0.25) is 4.72 Å². The van der Waals surface area contributed by atoms with Gasteiger partial charge in [-0.1, -0.05) is 0 Å². The molecule has 0 aliphatic carbocycles. The summed E-state index contributed by atoms with van der Waals surface area (Å²) in [4.78, 5) is 0. The van der Waals surface area contributed by atoms with Crippen molar-refractivity contribution in [3.05, 3.63) is 24.3 Å². The van der Waals surface area contributed by atoms with E-state index in [0.29, 0.717) is 5.69 Å². The van der Waals surface area contributed by atoms with E-state index in [1.807, 2.05) is 0 Å². The molecule has 0 radical (unpaired) electrons. The lowest BCUT2D eigenvalue weighted by Crippen LogP contribution is -2.22. The van der Waals surface area contributed by atoms with E-state index in [9.17, 15) is 16.8 Å². The SMILES string of the molecule is CNc1ccc(NS(=O)(=O)CS(C)(=O)=O)cc1. The third kappa shape index (κ3) is 5.05. The van der Waals surface area contributed by atoms with E-state index >= 15 is 0 Å². The molecule has 0 saturated heterocycles.